The van der Waals surface area contributed by atoms with Crippen molar-refractivity contribution in [2.75, 3.05) is 18.6 Å². The molecule has 2 amide bonds. The number of aliphatic hydroxyl groups excluding tert-OH is 1. The molecular weight excluding hydrogens is 356 g/mol. The highest BCUT2D eigenvalue weighted by Gasteiger charge is 2.35. The van der Waals surface area contributed by atoms with Crippen LogP contribution in [-0.2, 0) is 16.0 Å². The minimum absolute atomic E-state index is 0.153. The van der Waals surface area contributed by atoms with E-state index in [-0.39, 0.29) is 31.3 Å². The SMILES string of the molecule is CNC(=O)CCC(C=O)N1C(=O)c2ccc(CCCCCO)c3cccc1c23. The van der Waals surface area contributed by atoms with Crippen molar-refractivity contribution in [3.05, 3.63) is 41.5 Å². The Labute approximate surface area is 164 Å². The monoisotopic (exact) mass is 382 g/mol. The average Bonchev–Trinajstić information content (AvgIpc) is 3.00. The summed E-state index contributed by atoms with van der Waals surface area (Å²) in [4.78, 5) is 37.9. The normalized spacial score (nSPS) is 13.8. The quantitative estimate of drug-likeness (QED) is 0.488. The van der Waals surface area contributed by atoms with Crippen molar-refractivity contribution in [2.45, 2.75) is 44.6 Å². The molecule has 0 spiro atoms. The number of aryl methyl sites for hydroxylation is 1. The van der Waals surface area contributed by atoms with Crippen LogP contribution < -0.4 is 10.2 Å². The summed E-state index contributed by atoms with van der Waals surface area (Å²) in [6.45, 7) is 0.205. The van der Waals surface area contributed by atoms with Crippen LogP contribution in [0.5, 0.6) is 0 Å². The van der Waals surface area contributed by atoms with Gasteiger partial charge in [0, 0.05) is 31.0 Å². The largest absolute Gasteiger partial charge is 0.396 e. The molecule has 3 rings (SSSR count). The number of nitrogens with zero attached hydrogens (tertiary/aromatic N) is 1. The molecule has 2 aromatic rings. The number of anilines is 1. The van der Waals surface area contributed by atoms with Crippen LogP contribution in [-0.4, -0.2) is 42.9 Å². The van der Waals surface area contributed by atoms with Crippen LogP contribution >= 0.6 is 0 Å². The summed E-state index contributed by atoms with van der Waals surface area (Å²) in [7, 11) is 1.55. The molecule has 148 valence electrons. The third kappa shape index (κ3) is 3.78. The zero-order valence-corrected chi connectivity index (χ0v) is 16.1. The van der Waals surface area contributed by atoms with Gasteiger partial charge in [-0.15, -0.1) is 0 Å². The second kappa shape index (κ2) is 8.97. The molecule has 1 aliphatic rings. The third-order valence-electron chi connectivity index (χ3n) is 5.36. The lowest BCUT2D eigenvalue weighted by molar-refractivity contribution is -0.120. The molecule has 0 saturated carbocycles. The number of aldehydes is 1. The summed E-state index contributed by atoms with van der Waals surface area (Å²) in [6.07, 6.45) is 4.82. The average molecular weight is 382 g/mol. The van der Waals surface area contributed by atoms with Crippen molar-refractivity contribution in [2.24, 2.45) is 0 Å². The summed E-state index contributed by atoms with van der Waals surface area (Å²) in [5, 5.41) is 13.4. The van der Waals surface area contributed by atoms with Crippen molar-refractivity contribution >= 4 is 34.6 Å². The topological polar surface area (TPSA) is 86.7 Å². The first-order valence-electron chi connectivity index (χ1n) is 9.77. The van der Waals surface area contributed by atoms with E-state index in [0.29, 0.717) is 5.56 Å². The Kier molecular flexibility index (Phi) is 6.41. The van der Waals surface area contributed by atoms with Crippen molar-refractivity contribution in [3.8, 4) is 0 Å². The molecular formula is C22H26N2O4. The van der Waals surface area contributed by atoms with E-state index in [1.165, 1.54) is 10.5 Å². The van der Waals surface area contributed by atoms with Crippen molar-refractivity contribution in [1.29, 1.82) is 0 Å². The summed E-state index contributed by atoms with van der Waals surface area (Å²) in [5.74, 6) is -0.341. The first-order chi connectivity index (χ1) is 13.6. The van der Waals surface area contributed by atoms with E-state index >= 15 is 0 Å². The summed E-state index contributed by atoms with van der Waals surface area (Å²) in [5.41, 5.74) is 2.52. The highest BCUT2D eigenvalue weighted by Crippen LogP contribution is 2.40. The smallest absolute Gasteiger partial charge is 0.259 e. The lowest BCUT2D eigenvalue weighted by atomic mass is 9.96. The fourth-order valence-corrected chi connectivity index (χ4v) is 3.88. The molecule has 1 unspecified atom stereocenters. The van der Waals surface area contributed by atoms with E-state index in [2.05, 4.69) is 5.32 Å². The van der Waals surface area contributed by atoms with E-state index in [1.807, 2.05) is 30.3 Å². The summed E-state index contributed by atoms with van der Waals surface area (Å²) >= 11 is 0. The van der Waals surface area contributed by atoms with Crippen LogP contribution in [0, 0.1) is 0 Å². The lowest BCUT2D eigenvalue weighted by Gasteiger charge is -2.24. The summed E-state index contributed by atoms with van der Waals surface area (Å²) < 4.78 is 0. The van der Waals surface area contributed by atoms with Crippen LogP contribution in [0.1, 0.15) is 48.0 Å². The van der Waals surface area contributed by atoms with Crippen LogP contribution in [0.2, 0.25) is 0 Å². The second-order valence-corrected chi connectivity index (χ2v) is 7.10. The van der Waals surface area contributed by atoms with E-state index < -0.39 is 6.04 Å². The molecule has 1 atom stereocenters. The Bertz CT molecular complexity index is 893. The van der Waals surface area contributed by atoms with Gasteiger partial charge in [-0.3, -0.25) is 14.5 Å². The molecule has 2 N–H and O–H groups in total. The van der Waals surface area contributed by atoms with Gasteiger partial charge in [0.2, 0.25) is 5.91 Å². The van der Waals surface area contributed by atoms with Crippen molar-refractivity contribution in [1.82, 2.24) is 5.32 Å². The molecule has 0 aromatic heterocycles. The number of unbranched alkanes of at least 4 members (excludes halogenated alkanes) is 2. The molecule has 0 bridgehead atoms. The molecule has 0 saturated heterocycles. The fraction of sp³-hybridized carbons (Fsp3) is 0.409. The van der Waals surface area contributed by atoms with Gasteiger partial charge in [0.1, 0.15) is 6.29 Å². The predicted octanol–water partition coefficient (Wildman–Crippen LogP) is 2.60. The Balaban J connectivity index is 1.92. The Morgan fingerprint density at radius 3 is 2.75 bits per heavy atom. The van der Waals surface area contributed by atoms with E-state index in [4.69, 9.17) is 5.11 Å². The number of carbonyl (C=O) groups excluding carboxylic acids is 3. The van der Waals surface area contributed by atoms with Gasteiger partial charge in [-0.25, -0.2) is 0 Å². The first kappa shape index (κ1) is 20.0. The Morgan fingerprint density at radius 1 is 1.21 bits per heavy atom. The number of carbonyl (C=O) groups is 3. The molecule has 2 aromatic carbocycles. The number of rotatable bonds is 10. The second-order valence-electron chi connectivity index (χ2n) is 7.10. The Morgan fingerprint density at radius 2 is 2.04 bits per heavy atom. The van der Waals surface area contributed by atoms with Gasteiger partial charge in [0.25, 0.3) is 5.91 Å². The van der Waals surface area contributed by atoms with Crippen molar-refractivity contribution < 1.29 is 19.5 Å². The number of aliphatic hydroxyl groups is 1. The van der Waals surface area contributed by atoms with Gasteiger partial charge in [-0.1, -0.05) is 24.6 Å². The number of hydrogen-bond donors (Lipinski definition) is 2. The molecule has 1 heterocycles. The van der Waals surface area contributed by atoms with E-state index in [9.17, 15) is 14.4 Å². The van der Waals surface area contributed by atoms with Crippen LogP contribution in [0.25, 0.3) is 10.8 Å². The number of amides is 2. The highest BCUT2D eigenvalue weighted by molar-refractivity contribution is 6.26. The molecule has 6 heteroatoms. The zero-order chi connectivity index (χ0) is 20.1. The van der Waals surface area contributed by atoms with Gasteiger partial charge in [-0.2, -0.15) is 0 Å². The maximum atomic E-state index is 13.0. The molecule has 28 heavy (non-hydrogen) atoms. The van der Waals surface area contributed by atoms with Crippen LogP contribution in [0.3, 0.4) is 0 Å². The zero-order valence-electron chi connectivity index (χ0n) is 16.1. The first-order valence-corrected chi connectivity index (χ1v) is 9.77. The third-order valence-corrected chi connectivity index (χ3v) is 5.36. The van der Waals surface area contributed by atoms with E-state index in [0.717, 1.165) is 48.4 Å². The van der Waals surface area contributed by atoms with E-state index in [1.54, 1.807) is 7.05 Å². The molecule has 6 nitrogen and oxygen atoms in total. The van der Waals surface area contributed by atoms with Crippen LogP contribution in [0.15, 0.2) is 30.3 Å². The number of hydrogen-bond acceptors (Lipinski definition) is 4. The molecule has 0 aliphatic carbocycles. The minimum Gasteiger partial charge on any atom is -0.396 e. The minimum atomic E-state index is -0.671. The molecule has 0 radical (unpaired) electrons. The van der Waals surface area contributed by atoms with Gasteiger partial charge < -0.3 is 15.2 Å². The van der Waals surface area contributed by atoms with Gasteiger partial charge in [0.05, 0.1) is 11.7 Å². The maximum Gasteiger partial charge on any atom is 0.259 e. The maximum absolute atomic E-state index is 13.0. The lowest BCUT2D eigenvalue weighted by Crippen LogP contribution is -2.39. The van der Waals surface area contributed by atoms with Gasteiger partial charge >= 0.3 is 0 Å². The highest BCUT2D eigenvalue weighted by atomic mass is 16.3. The predicted molar refractivity (Wildman–Crippen MR) is 109 cm³/mol. The van der Waals surface area contributed by atoms with Crippen molar-refractivity contribution in [3.63, 3.8) is 0 Å². The summed E-state index contributed by atoms with van der Waals surface area (Å²) in [6, 6.07) is 8.95. The standard InChI is InChI=1S/C22H26N2O4/c1-23-20(27)12-10-16(14-26)24-19-8-5-7-17-15(6-3-2-4-13-25)9-11-18(21(17)19)22(24)28/h5,7-9,11,14,16,25H,2-4,6,10,12-13H2,1H3,(H,23,27). The Hall–Kier alpha value is -2.73. The molecule has 1 aliphatic heterocycles. The van der Waals surface area contributed by atoms with Gasteiger partial charge in [-0.05, 0) is 48.8 Å². The number of nitrogens with one attached hydrogen (secondary N) is 1. The van der Waals surface area contributed by atoms with Gasteiger partial charge in [0.15, 0.2) is 0 Å². The van der Waals surface area contributed by atoms with Crippen LogP contribution in [0.4, 0.5) is 5.69 Å². The number of benzene rings is 2. The fourth-order valence-electron chi connectivity index (χ4n) is 3.88. The molecule has 0 fully saturated rings.